The van der Waals surface area contributed by atoms with Gasteiger partial charge in [0.05, 0.1) is 21.3 Å². The lowest BCUT2D eigenvalue weighted by atomic mass is 10.1. The van der Waals surface area contributed by atoms with Crippen LogP contribution in [-0.4, -0.2) is 52.4 Å². The van der Waals surface area contributed by atoms with Crippen LogP contribution < -0.4 is 19.5 Å². The van der Waals surface area contributed by atoms with E-state index in [1.807, 2.05) is 12.1 Å². The van der Waals surface area contributed by atoms with Crippen molar-refractivity contribution < 1.29 is 14.2 Å². The molecule has 5 nitrogen and oxygen atoms in total. The summed E-state index contributed by atoms with van der Waals surface area (Å²) < 4.78 is 16.2. The van der Waals surface area contributed by atoms with Gasteiger partial charge in [0.1, 0.15) is 0 Å². The first-order chi connectivity index (χ1) is 9.30. The van der Waals surface area contributed by atoms with E-state index in [4.69, 9.17) is 14.2 Å². The zero-order chi connectivity index (χ0) is 13.7. The van der Waals surface area contributed by atoms with Crippen molar-refractivity contribution in [2.75, 3.05) is 47.5 Å². The van der Waals surface area contributed by atoms with Gasteiger partial charge in [-0.2, -0.15) is 0 Å². The molecule has 1 aromatic rings. The molecule has 114 valence electrons. The van der Waals surface area contributed by atoms with Crippen LogP contribution in [-0.2, 0) is 6.54 Å². The van der Waals surface area contributed by atoms with Crippen molar-refractivity contribution in [3.05, 3.63) is 17.7 Å². The molecular formula is C14H23IN2O3. The molecule has 1 aromatic carbocycles. The van der Waals surface area contributed by atoms with Gasteiger partial charge in [-0.3, -0.25) is 4.90 Å². The highest BCUT2D eigenvalue weighted by Gasteiger charge is 2.18. The lowest BCUT2D eigenvalue weighted by Crippen LogP contribution is -2.42. The van der Waals surface area contributed by atoms with E-state index in [0.717, 1.165) is 44.0 Å². The van der Waals surface area contributed by atoms with Crippen LogP contribution in [0.25, 0.3) is 0 Å². The van der Waals surface area contributed by atoms with Gasteiger partial charge in [-0.05, 0) is 6.07 Å². The maximum atomic E-state index is 5.50. The first-order valence-electron chi connectivity index (χ1n) is 6.51. The molecule has 20 heavy (non-hydrogen) atoms. The molecule has 1 fully saturated rings. The Morgan fingerprint density at radius 1 is 1.00 bits per heavy atom. The van der Waals surface area contributed by atoms with Crippen LogP contribution in [0.1, 0.15) is 5.56 Å². The van der Waals surface area contributed by atoms with Crippen molar-refractivity contribution in [2.24, 2.45) is 0 Å². The molecule has 0 amide bonds. The molecule has 0 aliphatic carbocycles. The molecule has 1 aliphatic rings. The van der Waals surface area contributed by atoms with Gasteiger partial charge < -0.3 is 19.5 Å². The molecule has 0 atom stereocenters. The molecule has 0 spiro atoms. The fraction of sp³-hybridized carbons (Fsp3) is 0.571. The van der Waals surface area contributed by atoms with Crippen molar-refractivity contribution in [3.63, 3.8) is 0 Å². The molecule has 0 bridgehead atoms. The van der Waals surface area contributed by atoms with Crippen LogP contribution in [0.4, 0.5) is 0 Å². The van der Waals surface area contributed by atoms with Gasteiger partial charge in [-0.25, -0.2) is 0 Å². The summed E-state index contributed by atoms with van der Waals surface area (Å²) in [6, 6.07) is 3.97. The summed E-state index contributed by atoms with van der Waals surface area (Å²) in [4.78, 5) is 2.40. The summed E-state index contributed by atoms with van der Waals surface area (Å²) in [5.74, 6) is 2.13. The van der Waals surface area contributed by atoms with Crippen LogP contribution in [0.5, 0.6) is 17.2 Å². The van der Waals surface area contributed by atoms with E-state index in [-0.39, 0.29) is 24.0 Å². The van der Waals surface area contributed by atoms with E-state index >= 15 is 0 Å². The van der Waals surface area contributed by atoms with E-state index < -0.39 is 0 Å². The smallest absolute Gasteiger partial charge is 0.203 e. The average molecular weight is 394 g/mol. The SMILES string of the molecule is COc1ccc(CN2CCNCC2)c(OC)c1OC.I. The minimum Gasteiger partial charge on any atom is -0.493 e. The quantitative estimate of drug-likeness (QED) is 0.771. The zero-order valence-electron chi connectivity index (χ0n) is 12.3. The Hall–Kier alpha value is -0.730. The topological polar surface area (TPSA) is 43.0 Å². The number of nitrogens with one attached hydrogen (secondary N) is 1. The third-order valence-electron chi connectivity index (χ3n) is 3.39. The highest BCUT2D eigenvalue weighted by Crippen LogP contribution is 2.40. The number of benzene rings is 1. The number of hydrogen-bond donors (Lipinski definition) is 1. The molecule has 0 aromatic heterocycles. The molecule has 0 radical (unpaired) electrons. The number of methoxy groups -OCH3 is 3. The van der Waals surface area contributed by atoms with Gasteiger partial charge in [0.2, 0.25) is 5.75 Å². The van der Waals surface area contributed by atoms with Crippen molar-refractivity contribution in [1.29, 1.82) is 0 Å². The fourth-order valence-corrected chi connectivity index (χ4v) is 2.40. The van der Waals surface area contributed by atoms with E-state index in [1.54, 1.807) is 21.3 Å². The first kappa shape index (κ1) is 17.3. The summed E-state index contributed by atoms with van der Waals surface area (Å²) in [5, 5.41) is 3.35. The fourth-order valence-electron chi connectivity index (χ4n) is 2.40. The second-order valence-electron chi connectivity index (χ2n) is 4.52. The maximum Gasteiger partial charge on any atom is 0.203 e. The Kier molecular flexibility index (Phi) is 7.39. The van der Waals surface area contributed by atoms with Crippen LogP contribution in [0.3, 0.4) is 0 Å². The van der Waals surface area contributed by atoms with Crippen molar-refractivity contribution in [3.8, 4) is 17.2 Å². The lowest BCUT2D eigenvalue weighted by molar-refractivity contribution is 0.228. The van der Waals surface area contributed by atoms with E-state index in [1.165, 1.54) is 0 Å². The van der Waals surface area contributed by atoms with Gasteiger partial charge >= 0.3 is 0 Å². The molecule has 1 N–H and O–H groups in total. The van der Waals surface area contributed by atoms with Crippen molar-refractivity contribution in [2.45, 2.75) is 6.54 Å². The van der Waals surface area contributed by atoms with Gasteiger partial charge in [0.25, 0.3) is 0 Å². The van der Waals surface area contributed by atoms with Crippen molar-refractivity contribution >= 4 is 24.0 Å². The molecule has 6 heteroatoms. The summed E-state index contributed by atoms with van der Waals surface area (Å²) in [5.41, 5.74) is 1.13. The summed E-state index contributed by atoms with van der Waals surface area (Å²) in [6.07, 6.45) is 0. The van der Waals surface area contributed by atoms with Crippen molar-refractivity contribution in [1.82, 2.24) is 10.2 Å². The molecular weight excluding hydrogens is 371 g/mol. The lowest BCUT2D eigenvalue weighted by Gasteiger charge is -2.28. The number of rotatable bonds is 5. The normalized spacial score (nSPS) is 15.3. The van der Waals surface area contributed by atoms with Gasteiger partial charge in [0, 0.05) is 38.3 Å². The summed E-state index contributed by atoms with van der Waals surface area (Å²) >= 11 is 0. The molecule has 0 unspecified atom stereocenters. The highest BCUT2D eigenvalue weighted by atomic mass is 127. The number of ether oxygens (including phenoxy) is 3. The average Bonchev–Trinajstić information content (AvgIpc) is 2.47. The maximum absolute atomic E-state index is 5.50. The molecule has 0 saturated carbocycles. The molecule has 2 rings (SSSR count). The predicted octanol–water partition coefficient (Wildman–Crippen LogP) is 1.74. The number of nitrogens with zero attached hydrogens (tertiary/aromatic N) is 1. The third-order valence-corrected chi connectivity index (χ3v) is 3.39. The van der Waals surface area contributed by atoms with Gasteiger partial charge in [0.15, 0.2) is 11.5 Å². The second kappa shape index (κ2) is 8.53. The van der Waals surface area contributed by atoms with E-state index in [9.17, 15) is 0 Å². The van der Waals surface area contributed by atoms with E-state index in [0.29, 0.717) is 11.5 Å². The Bertz CT molecular complexity index is 423. The second-order valence-corrected chi connectivity index (χ2v) is 4.52. The Balaban J connectivity index is 0.00000200. The number of hydrogen-bond acceptors (Lipinski definition) is 5. The predicted molar refractivity (Wildman–Crippen MR) is 89.7 cm³/mol. The monoisotopic (exact) mass is 394 g/mol. The summed E-state index contributed by atoms with van der Waals surface area (Å²) in [6.45, 7) is 5.05. The van der Waals surface area contributed by atoms with Crippen LogP contribution in [0.2, 0.25) is 0 Å². The van der Waals surface area contributed by atoms with Crippen LogP contribution in [0, 0.1) is 0 Å². The molecule has 1 saturated heterocycles. The third kappa shape index (κ3) is 3.89. The summed E-state index contributed by atoms with van der Waals surface area (Å²) in [7, 11) is 4.93. The van der Waals surface area contributed by atoms with Gasteiger partial charge in [-0.1, -0.05) is 6.07 Å². The number of piperazine rings is 1. The first-order valence-corrected chi connectivity index (χ1v) is 6.51. The standard InChI is InChI=1S/C14H22N2O3.HI/c1-17-12-5-4-11(13(18-2)14(12)19-3)10-16-8-6-15-7-9-16;/h4-5,15H,6-10H2,1-3H3;1H. The van der Waals surface area contributed by atoms with Gasteiger partial charge in [-0.15, -0.1) is 24.0 Å². The largest absolute Gasteiger partial charge is 0.493 e. The Morgan fingerprint density at radius 2 is 1.65 bits per heavy atom. The number of halogens is 1. The van der Waals surface area contributed by atoms with Crippen LogP contribution in [0.15, 0.2) is 12.1 Å². The van der Waals surface area contributed by atoms with Crippen LogP contribution >= 0.6 is 24.0 Å². The minimum absolute atomic E-state index is 0. The zero-order valence-corrected chi connectivity index (χ0v) is 14.6. The highest BCUT2D eigenvalue weighted by molar-refractivity contribution is 14.0. The molecule has 1 heterocycles. The Labute approximate surface area is 137 Å². The van der Waals surface area contributed by atoms with E-state index in [2.05, 4.69) is 10.2 Å². The Morgan fingerprint density at radius 3 is 2.20 bits per heavy atom. The minimum atomic E-state index is 0. The molecule has 1 aliphatic heterocycles.